The molecule has 0 aromatic heterocycles. The van der Waals surface area contributed by atoms with Crippen molar-refractivity contribution in [2.45, 2.75) is 9.79 Å². The van der Waals surface area contributed by atoms with Gasteiger partial charge in [0.25, 0.3) is 0 Å². The molecular formula is C19H22ClN3O3S2. The zero-order valence-corrected chi connectivity index (χ0v) is 17.9. The molecule has 2 aromatic carbocycles. The summed E-state index contributed by atoms with van der Waals surface area (Å²) in [5.74, 6) is 0.0952. The molecule has 1 amide bonds. The van der Waals surface area contributed by atoms with Crippen LogP contribution in [-0.2, 0) is 14.8 Å². The normalized spacial score (nSPS) is 16.1. The lowest BCUT2D eigenvalue weighted by atomic mass is 10.3. The maximum Gasteiger partial charge on any atom is 0.243 e. The van der Waals surface area contributed by atoms with Crippen molar-refractivity contribution in [2.24, 2.45) is 0 Å². The molecule has 28 heavy (non-hydrogen) atoms. The van der Waals surface area contributed by atoms with Crippen LogP contribution in [0.15, 0.2) is 58.3 Å². The molecule has 0 saturated carbocycles. The molecular weight excluding hydrogens is 418 g/mol. The third-order valence-electron chi connectivity index (χ3n) is 4.42. The van der Waals surface area contributed by atoms with Crippen LogP contribution in [0.4, 0.5) is 5.69 Å². The second kappa shape index (κ2) is 9.28. The zero-order valence-electron chi connectivity index (χ0n) is 15.5. The van der Waals surface area contributed by atoms with Crippen LogP contribution >= 0.6 is 23.4 Å². The van der Waals surface area contributed by atoms with Gasteiger partial charge in [-0.1, -0.05) is 11.6 Å². The summed E-state index contributed by atoms with van der Waals surface area (Å²) in [6.07, 6.45) is 0. The van der Waals surface area contributed by atoms with Crippen LogP contribution in [0.1, 0.15) is 0 Å². The van der Waals surface area contributed by atoms with Crippen LogP contribution in [-0.4, -0.2) is 62.5 Å². The predicted octanol–water partition coefficient (Wildman–Crippen LogP) is 3.01. The first kappa shape index (κ1) is 21.1. The van der Waals surface area contributed by atoms with Crippen molar-refractivity contribution in [3.63, 3.8) is 0 Å². The number of halogens is 1. The quantitative estimate of drug-likeness (QED) is 0.700. The Bertz CT molecular complexity index is 910. The number of piperazine rings is 1. The minimum atomic E-state index is -3.50. The van der Waals surface area contributed by atoms with Crippen molar-refractivity contribution >= 4 is 45.0 Å². The number of nitrogens with zero attached hydrogens (tertiary/aromatic N) is 2. The monoisotopic (exact) mass is 439 g/mol. The van der Waals surface area contributed by atoms with Crippen molar-refractivity contribution in [1.82, 2.24) is 9.21 Å². The summed E-state index contributed by atoms with van der Waals surface area (Å²) in [5.41, 5.74) is 0.569. The molecule has 3 rings (SSSR count). The van der Waals surface area contributed by atoms with E-state index in [1.807, 2.05) is 19.2 Å². The van der Waals surface area contributed by atoms with Crippen molar-refractivity contribution < 1.29 is 13.2 Å². The molecule has 6 nitrogen and oxygen atoms in total. The van der Waals surface area contributed by atoms with Crippen LogP contribution in [0.3, 0.4) is 0 Å². The van der Waals surface area contributed by atoms with Gasteiger partial charge in [0.1, 0.15) is 0 Å². The molecule has 0 bridgehead atoms. The Balaban J connectivity index is 1.56. The molecule has 0 aliphatic carbocycles. The van der Waals surface area contributed by atoms with Gasteiger partial charge in [-0.15, -0.1) is 11.8 Å². The molecule has 1 aliphatic heterocycles. The first-order valence-electron chi connectivity index (χ1n) is 8.81. The number of nitrogens with one attached hydrogen (secondary N) is 1. The van der Waals surface area contributed by atoms with Gasteiger partial charge in [-0.2, -0.15) is 4.31 Å². The Hall–Kier alpha value is -1.58. The van der Waals surface area contributed by atoms with E-state index in [9.17, 15) is 13.2 Å². The molecule has 1 fully saturated rings. The van der Waals surface area contributed by atoms with Gasteiger partial charge >= 0.3 is 0 Å². The van der Waals surface area contributed by atoms with Gasteiger partial charge < -0.3 is 10.2 Å². The zero-order chi connectivity index (χ0) is 20.1. The maximum atomic E-state index is 12.7. The van der Waals surface area contributed by atoms with Crippen molar-refractivity contribution in [3.8, 4) is 0 Å². The SMILES string of the molecule is CN1CCN(S(=O)(=O)c2ccc(NC(=O)CSc3ccc(Cl)cc3)cc2)CC1. The second-order valence-corrected chi connectivity index (χ2v) is 9.95. The molecule has 150 valence electrons. The number of sulfonamides is 1. The molecule has 0 atom stereocenters. The van der Waals surface area contributed by atoms with E-state index >= 15 is 0 Å². The number of likely N-dealkylation sites (N-methyl/N-ethyl adjacent to an activating group) is 1. The summed E-state index contributed by atoms with van der Waals surface area (Å²) < 4.78 is 26.9. The fraction of sp³-hybridized carbons (Fsp3) is 0.316. The smallest absolute Gasteiger partial charge is 0.243 e. The topological polar surface area (TPSA) is 69.7 Å². The van der Waals surface area contributed by atoms with Crippen molar-refractivity contribution in [3.05, 3.63) is 53.6 Å². The number of benzene rings is 2. The van der Waals surface area contributed by atoms with Crippen LogP contribution in [0.5, 0.6) is 0 Å². The Morgan fingerprint density at radius 2 is 1.64 bits per heavy atom. The molecule has 2 aromatic rings. The van der Waals surface area contributed by atoms with E-state index in [-0.39, 0.29) is 16.6 Å². The van der Waals surface area contributed by atoms with E-state index in [4.69, 9.17) is 11.6 Å². The summed E-state index contributed by atoms with van der Waals surface area (Å²) in [7, 11) is -1.52. The molecule has 1 aliphatic rings. The van der Waals surface area contributed by atoms with Gasteiger partial charge in [0.05, 0.1) is 10.6 Å². The van der Waals surface area contributed by atoms with E-state index in [0.717, 1.165) is 18.0 Å². The van der Waals surface area contributed by atoms with E-state index < -0.39 is 10.0 Å². The third kappa shape index (κ3) is 5.48. The highest BCUT2D eigenvalue weighted by atomic mass is 35.5. The minimum absolute atomic E-state index is 0.158. The maximum absolute atomic E-state index is 12.7. The van der Waals surface area contributed by atoms with Gasteiger partial charge in [-0.05, 0) is 55.6 Å². The first-order chi connectivity index (χ1) is 13.3. The van der Waals surface area contributed by atoms with Gasteiger partial charge in [0.2, 0.25) is 15.9 Å². The summed E-state index contributed by atoms with van der Waals surface area (Å²) in [4.78, 5) is 15.4. The highest BCUT2D eigenvalue weighted by Gasteiger charge is 2.27. The van der Waals surface area contributed by atoms with Gasteiger partial charge in [-0.3, -0.25) is 4.79 Å². The van der Waals surface area contributed by atoms with Gasteiger partial charge in [0.15, 0.2) is 0 Å². The number of rotatable bonds is 6. The number of carbonyl (C=O) groups excluding carboxylic acids is 1. The summed E-state index contributed by atoms with van der Waals surface area (Å²) in [6.45, 7) is 2.41. The van der Waals surface area contributed by atoms with E-state index in [1.54, 1.807) is 24.3 Å². The standard InChI is InChI=1S/C19H22ClN3O3S2/c1-22-10-12-23(13-11-22)28(25,26)18-8-4-16(5-9-18)21-19(24)14-27-17-6-2-15(20)3-7-17/h2-9H,10-14H2,1H3,(H,21,24). The molecule has 1 heterocycles. The van der Waals surface area contributed by atoms with Crippen LogP contribution in [0.25, 0.3) is 0 Å². The van der Waals surface area contributed by atoms with E-state index in [0.29, 0.717) is 23.8 Å². The largest absolute Gasteiger partial charge is 0.325 e. The van der Waals surface area contributed by atoms with Crippen molar-refractivity contribution in [2.75, 3.05) is 44.3 Å². The number of hydrogen-bond acceptors (Lipinski definition) is 5. The van der Waals surface area contributed by atoms with Crippen molar-refractivity contribution in [1.29, 1.82) is 0 Å². The lowest BCUT2D eigenvalue weighted by molar-refractivity contribution is -0.113. The Morgan fingerprint density at radius 3 is 2.25 bits per heavy atom. The average Bonchev–Trinajstić information content (AvgIpc) is 2.68. The lowest BCUT2D eigenvalue weighted by Crippen LogP contribution is -2.46. The number of carbonyl (C=O) groups is 1. The molecule has 9 heteroatoms. The van der Waals surface area contributed by atoms with E-state index in [2.05, 4.69) is 10.2 Å². The summed E-state index contributed by atoms with van der Waals surface area (Å²) >= 11 is 7.25. The van der Waals surface area contributed by atoms with Gasteiger partial charge in [-0.25, -0.2) is 8.42 Å². The fourth-order valence-electron chi connectivity index (χ4n) is 2.76. The minimum Gasteiger partial charge on any atom is -0.325 e. The Labute approximate surface area is 174 Å². The number of anilines is 1. The van der Waals surface area contributed by atoms with Crippen LogP contribution in [0, 0.1) is 0 Å². The summed E-state index contributed by atoms with van der Waals surface area (Å²) in [5, 5.41) is 3.44. The number of hydrogen-bond donors (Lipinski definition) is 1. The predicted molar refractivity (Wildman–Crippen MR) is 114 cm³/mol. The number of thioether (sulfide) groups is 1. The highest BCUT2D eigenvalue weighted by Crippen LogP contribution is 2.22. The lowest BCUT2D eigenvalue weighted by Gasteiger charge is -2.31. The van der Waals surface area contributed by atoms with Gasteiger partial charge in [0, 0.05) is 41.8 Å². The number of amides is 1. The molecule has 0 unspecified atom stereocenters. The Morgan fingerprint density at radius 1 is 1.04 bits per heavy atom. The van der Waals surface area contributed by atoms with E-state index in [1.165, 1.54) is 28.2 Å². The second-order valence-electron chi connectivity index (χ2n) is 6.52. The molecule has 0 radical (unpaired) electrons. The molecule has 0 spiro atoms. The Kier molecular flexibility index (Phi) is 7.00. The fourth-order valence-corrected chi connectivity index (χ4v) is 5.01. The van der Waals surface area contributed by atoms with Crippen LogP contribution in [0.2, 0.25) is 5.02 Å². The molecule has 1 N–H and O–H groups in total. The summed E-state index contributed by atoms with van der Waals surface area (Å²) in [6, 6.07) is 13.6. The molecule has 1 saturated heterocycles. The van der Waals surface area contributed by atoms with Crippen LogP contribution < -0.4 is 5.32 Å². The highest BCUT2D eigenvalue weighted by molar-refractivity contribution is 8.00. The first-order valence-corrected chi connectivity index (χ1v) is 11.6. The third-order valence-corrected chi connectivity index (χ3v) is 7.60. The average molecular weight is 440 g/mol.